The van der Waals surface area contributed by atoms with Crippen LogP contribution in [0.5, 0.6) is 0 Å². The first-order chi connectivity index (χ1) is 9.77. The molecule has 0 fully saturated rings. The fourth-order valence-corrected chi connectivity index (χ4v) is 3.16. The number of halogens is 1. The van der Waals surface area contributed by atoms with E-state index in [1.165, 1.54) is 5.01 Å². The molecule has 3 nitrogen and oxygen atoms in total. The van der Waals surface area contributed by atoms with Crippen LogP contribution in [0.4, 0.5) is 11.4 Å². The van der Waals surface area contributed by atoms with Crippen molar-refractivity contribution < 1.29 is 0 Å². The number of nitrogens with zero attached hydrogens (tertiary/aromatic N) is 2. The number of nitrogens with one attached hydrogen (secondary N) is 1. The van der Waals surface area contributed by atoms with E-state index in [1.807, 2.05) is 37.2 Å². The lowest BCUT2D eigenvalue weighted by Gasteiger charge is -2.15. The summed E-state index contributed by atoms with van der Waals surface area (Å²) in [5.41, 5.74) is 3.21. The third-order valence-electron chi connectivity index (χ3n) is 3.10. The van der Waals surface area contributed by atoms with Gasteiger partial charge in [0.25, 0.3) is 0 Å². The van der Waals surface area contributed by atoms with E-state index in [4.69, 9.17) is 11.6 Å². The Labute approximate surface area is 136 Å². The number of benzene rings is 1. The second kappa shape index (κ2) is 6.24. The first-order valence-electron chi connectivity index (χ1n) is 6.93. The van der Waals surface area contributed by atoms with Gasteiger partial charge in [-0.05, 0) is 18.2 Å². The molecular formula is C16H22ClN3S. The van der Waals surface area contributed by atoms with Gasteiger partial charge in [-0.3, -0.25) is 0 Å². The predicted octanol–water partition coefficient (Wildman–Crippen LogP) is 4.77. The van der Waals surface area contributed by atoms with Crippen LogP contribution >= 0.6 is 22.9 Å². The van der Waals surface area contributed by atoms with Crippen molar-refractivity contribution >= 4 is 34.3 Å². The largest absolute Gasteiger partial charge is 0.379 e. The number of aromatic nitrogens is 1. The number of hydrogen-bond donors (Lipinski definition) is 1. The van der Waals surface area contributed by atoms with E-state index in [1.54, 1.807) is 11.3 Å². The smallest absolute Gasteiger partial charge is 0.0982 e. The summed E-state index contributed by atoms with van der Waals surface area (Å²) in [4.78, 5) is 6.68. The highest BCUT2D eigenvalue weighted by Gasteiger charge is 2.17. The molecule has 5 heteroatoms. The van der Waals surface area contributed by atoms with Crippen LogP contribution in [0.25, 0.3) is 0 Å². The van der Waals surface area contributed by atoms with Crippen LogP contribution in [0.1, 0.15) is 31.5 Å². The molecule has 114 valence electrons. The molecule has 21 heavy (non-hydrogen) atoms. The average molecular weight is 324 g/mol. The van der Waals surface area contributed by atoms with Gasteiger partial charge in [-0.1, -0.05) is 32.4 Å². The summed E-state index contributed by atoms with van der Waals surface area (Å²) >= 11 is 7.99. The Morgan fingerprint density at radius 3 is 2.52 bits per heavy atom. The fraction of sp³-hybridized carbons (Fsp3) is 0.438. The van der Waals surface area contributed by atoms with E-state index in [-0.39, 0.29) is 5.41 Å². The van der Waals surface area contributed by atoms with Crippen LogP contribution in [-0.2, 0) is 12.0 Å². The molecular weight excluding hydrogens is 302 g/mol. The fourth-order valence-electron chi connectivity index (χ4n) is 1.90. The van der Waals surface area contributed by atoms with Gasteiger partial charge >= 0.3 is 0 Å². The number of rotatable bonds is 4. The summed E-state index contributed by atoms with van der Waals surface area (Å²) in [5, 5.41) is 7.40. The zero-order valence-corrected chi connectivity index (χ0v) is 14.8. The minimum atomic E-state index is 0.111. The summed E-state index contributed by atoms with van der Waals surface area (Å²) in [6.07, 6.45) is 0. The Bertz CT molecular complexity index is 614. The lowest BCUT2D eigenvalue weighted by molar-refractivity contribution is 0.583. The lowest BCUT2D eigenvalue weighted by atomic mass is 9.98. The minimum absolute atomic E-state index is 0.111. The van der Waals surface area contributed by atoms with Crippen molar-refractivity contribution in [3.8, 4) is 0 Å². The molecule has 0 amide bonds. The Balaban J connectivity index is 2.03. The predicted molar refractivity (Wildman–Crippen MR) is 93.9 cm³/mol. The van der Waals surface area contributed by atoms with Crippen LogP contribution in [0.2, 0.25) is 5.02 Å². The van der Waals surface area contributed by atoms with Gasteiger partial charge in [-0.25, -0.2) is 4.98 Å². The summed E-state index contributed by atoms with van der Waals surface area (Å²) in [6, 6.07) is 6.01. The van der Waals surface area contributed by atoms with Gasteiger partial charge < -0.3 is 10.2 Å². The standard InChI is InChI=1S/C16H22ClN3S/c1-16(2,3)15-19-12(10-21-15)9-18-11-6-7-14(20(4)5)13(17)8-11/h6-8,10,18H,9H2,1-5H3. The Morgan fingerprint density at radius 2 is 2.00 bits per heavy atom. The molecule has 1 N–H and O–H groups in total. The molecule has 0 saturated heterocycles. The van der Waals surface area contributed by atoms with Crippen LogP contribution < -0.4 is 10.2 Å². The van der Waals surface area contributed by atoms with Gasteiger partial charge in [-0.15, -0.1) is 11.3 Å². The van der Waals surface area contributed by atoms with Crippen molar-refractivity contribution in [3.63, 3.8) is 0 Å². The van der Waals surface area contributed by atoms with Crippen molar-refractivity contribution in [3.05, 3.63) is 39.3 Å². The van der Waals surface area contributed by atoms with E-state index < -0.39 is 0 Å². The molecule has 2 rings (SSSR count). The highest BCUT2D eigenvalue weighted by atomic mass is 35.5. The molecule has 0 aliphatic heterocycles. The Kier molecular flexibility index (Phi) is 4.79. The molecule has 0 aliphatic carbocycles. The summed E-state index contributed by atoms with van der Waals surface area (Å²) in [7, 11) is 3.97. The average Bonchev–Trinajstić information content (AvgIpc) is 2.84. The maximum Gasteiger partial charge on any atom is 0.0982 e. The monoisotopic (exact) mass is 323 g/mol. The zero-order chi connectivity index (χ0) is 15.6. The SMILES string of the molecule is CN(C)c1ccc(NCc2csc(C(C)(C)C)n2)cc1Cl. The molecule has 0 unspecified atom stereocenters. The third-order valence-corrected chi connectivity index (χ3v) is 4.72. The lowest BCUT2D eigenvalue weighted by Crippen LogP contribution is -2.11. The molecule has 0 bridgehead atoms. The van der Waals surface area contributed by atoms with Gasteiger partial charge in [0.15, 0.2) is 0 Å². The number of hydrogen-bond acceptors (Lipinski definition) is 4. The number of thiazole rings is 1. The second-order valence-electron chi connectivity index (χ2n) is 6.31. The normalized spacial score (nSPS) is 11.5. The van der Waals surface area contributed by atoms with Crippen molar-refractivity contribution in [2.75, 3.05) is 24.3 Å². The second-order valence-corrected chi connectivity index (χ2v) is 7.57. The van der Waals surface area contributed by atoms with Crippen LogP contribution in [0.3, 0.4) is 0 Å². The van der Waals surface area contributed by atoms with E-state index in [9.17, 15) is 0 Å². The van der Waals surface area contributed by atoms with Gasteiger partial charge in [0.1, 0.15) is 0 Å². The highest BCUT2D eigenvalue weighted by molar-refractivity contribution is 7.09. The first kappa shape index (κ1) is 16.1. The molecule has 1 heterocycles. The molecule has 0 atom stereocenters. The minimum Gasteiger partial charge on any atom is -0.379 e. The molecule has 1 aromatic carbocycles. The van der Waals surface area contributed by atoms with Crippen LogP contribution in [-0.4, -0.2) is 19.1 Å². The van der Waals surface area contributed by atoms with Crippen molar-refractivity contribution in [2.45, 2.75) is 32.7 Å². The van der Waals surface area contributed by atoms with Crippen molar-refractivity contribution in [1.82, 2.24) is 4.98 Å². The first-order valence-corrected chi connectivity index (χ1v) is 8.19. The maximum atomic E-state index is 6.27. The van der Waals surface area contributed by atoms with E-state index >= 15 is 0 Å². The van der Waals surface area contributed by atoms with Gasteiger partial charge in [0, 0.05) is 30.6 Å². The molecule has 2 aromatic rings. The van der Waals surface area contributed by atoms with Crippen LogP contribution in [0.15, 0.2) is 23.6 Å². The van der Waals surface area contributed by atoms with Crippen LogP contribution in [0, 0.1) is 0 Å². The van der Waals surface area contributed by atoms with Crippen molar-refractivity contribution in [2.24, 2.45) is 0 Å². The third kappa shape index (κ3) is 4.11. The Morgan fingerprint density at radius 1 is 1.29 bits per heavy atom. The van der Waals surface area contributed by atoms with Gasteiger partial charge in [0.05, 0.1) is 28.0 Å². The summed E-state index contributed by atoms with van der Waals surface area (Å²) < 4.78 is 0. The van der Waals surface area contributed by atoms with Gasteiger partial charge in [-0.2, -0.15) is 0 Å². The van der Waals surface area contributed by atoms with Crippen molar-refractivity contribution in [1.29, 1.82) is 0 Å². The number of anilines is 2. The Hall–Kier alpha value is -1.26. The highest BCUT2D eigenvalue weighted by Crippen LogP contribution is 2.28. The molecule has 0 spiro atoms. The van der Waals surface area contributed by atoms with E-state index in [0.717, 1.165) is 22.1 Å². The topological polar surface area (TPSA) is 28.2 Å². The maximum absolute atomic E-state index is 6.27. The molecule has 0 saturated carbocycles. The molecule has 1 aromatic heterocycles. The summed E-state index contributed by atoms with van der Waals surface area (Å²) in [5.74, 6) is 0. The molecule has 0 aliphatic rings. The van der Waals surface area contributed by atoms with E-state index in [0.29, 0.717) is 6.54 Å². The summed E-state index contributed by atoms with van der Waals surface area (Å²) in [6.45, 7) is 7.26. The zero-order valence-electron chi connectivity index (χ0n) is 13.2. The van der Waals surface area contributed by atoms with E-state index in [2.05, 4.69) is 36.5 Å². The molecule has 0 radical (unpaired) electrons. The quantitative estimate of drug-likeness (QED) is 0.878. The van der Waals surface area contributed by atoms with Gasteiger partial charge in [0.2, 0.25) is 0 Å².